The van der Waals surface area contributed by atoms with E-state index >= 15 is 0 Å². The molecule has 1 atom stereocenters. The van der Waals surface area contributed by atoms with Crippen LogP contribution in [0.15, 0.2) is 17.0 Å². The lowest BCUT2D eigenvalue weighted by atomic mass is 10.1. The van der Waals surface area contributed by atoms with Crippen LogP contribution in [0.1, 0.15) is 29.8 Å². The summed E-state index contributed by atoms with van der Waals surface area (Å²) in [6.07, 6.45) is -0.304. The minimum absolute atomic E-state index is 0.0683. The number of hydrogen-bond acceptors (Lipinski definition) is 5. The zero-order valence-corrected chi connectivity index (χ0v) is 12.9. The number of aromatic hydroxyl groups is 1. The molecular weight excluding hydrogens is 298 g/mol. The minimum Gasteiger partial charge on any atom is -0.507 e. The van der Waals surface area contributed by atoms with Crippen molar-refractivity contribution >= 4 is 16.0 Å². The lowest BCUT2D eigenvalue weighted by Crippen LogP contribution is -2.32. The van der Waals surface area contributed by atoms with Gasteiger partial charge in [-0.25, -0.2) is 17.9 Å². The van der Waals surface area contributed by atoms with Crippen LogP contribution >= 0.6 is 0 Å². The van der Waals surface area contributed by atoms with Crippen molar-refractivity contribution in [3.05, 3.63) is 23.3 Å². The van der Waals surface area contributed by atoms with E-state index in [4.69, 9.17) is 9.84 Å². The molecule has 0 bridgehead atoms. The number of carboxylic acids is 1. The van der Waals surface area contributed by atoms with Crippen LogP contribution in [0.5, 0.6) is 5.75 Å². The second-order valence-electron chi connectivity index (χ2n) is 4.56. The predicted octanol–water partition coefficient (Wildman–Crippen LogP) is 1.10. The molecule has 0 saturated carbocycles. The van der Waals surface area contributed by atoms with Gasteiger partial charge in [-0.3, -0.25) is 0 Å². The summed E-state index contributed by atoms with van der Waals surface area (Å²) >= 11 is 0. The monoisotopic (exact) mass is 317 g/mol. The molecule has 0 aromatic heterocycles. The summed E-state index contributed by atoms with van der Waals surface area (Å²) in [6, 6.07) is 2.06. The number of phenols is 1. The summed E-state index contributed by atoms with van der Waals surface area (Å²) in [7, 11) is -3.88. The smallest absolute Gasteiger partial charge is 0.339 e. The number of rotatable bonds is 7. The van der Waals surface area contributed by atoms with Gasteiger partial charge in [-0.1, -0.05) is 0 Å². The van der Waals surface area contributed by atoms with Gasteiger partial charge in [0.2, 0.25) is 10.0 Å². The summed E-state index contributed by atoms with van der Waals surface area (Å²) in [5.41, 5.74) is -0.201. The van der Waals surface area contributed by atoms with Gasteiger partial charge in [0.05, 0.1) is 11.0 Å². The number of benzene rings is 1. The topological polar surface area (TPSA) is 113 Å². The summed E-state index contributed by atoms with van der Waals surface area (Å²) in [4.78, 5) is 10.8. The van der Waals surface area contributed by atoms with E-state index < -0.39 is 27.3 Å². The summed E-state index contributed by atoms with van der Waals surface area (Å²) in [5, 5.41) is 18.5. The van der Waals surface area contributed by atoms with Gasteiger partial charge < -0.3 is 14.9 Å². The summed E-state index contributed by atoms with van der Waals surface area (Å²) in [6.45, 7) is 5.53. The summed E-state index contributed by atoms with van der Waals surface area (Å²) < 4.78 is 32.0. The molecule has 0 aliphatic rings. The van der Waals surface area contributed by atoms with Crippen molar-refractivity contribution in [2.75, 3.05) is 13.2 Å². The van der Waals surface area contributed by atoms with E-state index in [2.05, 4.69) is 4.72 Å². The van der Waals surface area contributed by atoms with Gasteiger partial charge in [0.25, 0.3) is 0 Å². The van der Waals surface area contributed by atoms with E-state index in [1.54, 1.807) is 13.8 Å². The first kappa shape index (κ1) is 17.4. The lowest BCUT2D eigenvalue weighted by molar-refractivity contribution is 0.0693. The SMILES string of the molecule is CCOC(C)CNS(=O)(=O)c1cc(C(=O)O)c(O)cc1C. The fraction of sp³-hybridized carbons (Fsp3) is 0.462. The summed E-state index contributed by atoms with van der Waals surface area (Å²) in [5.74, 6) is -1.87. The van der Waals surface area contributed by atoms with Crippen LogP contribution in [0.25, 0.3) is 0 Å². The van der Waals surface area contributed by atoms with Crippen molar-refractivity contribution in [2.45, 2.75) is 31.8 Å². The molecule has 3 N–H and O–H groups in total. The molecule has 0 amide bonds. The third-order valence-electron chi connectivity index (χ3n) is 2.83. The number of carbonyl (C=O) groups is 1. The van der Waals surface area contributed by atoms with Crippen LogP contribution in [-0.2, 0) is 14.8 Å². The number of sulfonamides is 1. The van der Waals surface area contributed by atoms with Crippen LogP contribution in [0.4, 0.5) is 0 Å². The fourth-order valence-electron chi connectivity index (χ4n) is 1.78. The Labute approximate surface area is 123 Å². The second-order valence-corrected chi connectivity index (χ2v) is 6.29. The predicted molar refractivity (Wildman–Crippen MR) is 76.1 cm³/mol. The van der Waals surface area contributed by atoms with Gasteiger partial charge in [0.1, 0.15) is 11.3 Å². The maximum atomic E-state index is 12.2. The maximum absolute atomic E-state index is 12.2. The average Bonchev–Trinajstić information content (AvgIpc) is 2.36. The Morgan fingerprint density at radius 2 is 2.05 bits per heavy atom. The molecule has 0 spiro atoms. The van der Waals surface area contributed by atoms with Crippen LogP contribution in [-0.4, -0.2) is 43.9 Å². The van der Waals surface area contributed by atoms with Crippen molar-refractivity contribution in [3.63, 3.8) is 0 Å². The highest BCUT2D eigenvalue weighted by Crippen LogP contribution is 2.25. The van der Waals surface area contributed by atoms with Gasteiger partial charge in [0, 0.05) is 13.2 Å². The van der Waals surface area contributed by atoms with Crippen molar-refractivity contribution in [1.29, 1.82) is 0 Å². The van der Waals surface area contributed by atoms with Crippen molar-refractivity contribution < 1.29 is 28.2 Å². The molecule has 1 aromatic rings. The molecule has 118 valence electrons. The Bertz CT molecular complexity index is 626. The molecule has 21 heavy (non-hydrogen) atoms. The molecule has 7 nitrogen and oxygen atoms in total. The fourth-order valence-corrected chi connectivity index (χ4v) is 3.15. The number of aromatic carboxylic acids is 1. The molecule has 0 aliphatic heterocycles. The third kappa shape index (κ3) is 4.42. The lowest BCUT2D eigenvalue weighted by Gasteiger charge is -2.14. The van der Waals surface area contributed by atoms with Gasteiger partial charge in [-0.05, 0) is 38.5 Å². The molecule has 0 aliphatic carbocycles. The van der Waals surface area contributed by atoms with Crippen molar-refractivity contribution in [3.8, 4) is 5.75 Å². The molecular formula is C13H19NO6S. The normalized spacial score (nSPS) is 13.1. The molecule has 0 saturated heterocycles. The zero-order valence-electron chi connectivity index (χ0n) is 12.1. The zero-order chi connectivity index (χ0) is 16.2. The average molecular weight is 317 g/mol. The molecule has 1 rings (SSSR count). The first-order chi connectivity index (χ1) is 9.69. The number of ether oxygens (including phenoxy) is 1. The second kappa shape index (κ2) is 6.88. The van der Waals surface area contributed by atoms with Crippen LogP contribution < -0.4 is 4.72 Å². The molecule has 1 unspecified atom stereocenters. The quantitative estimate of drug-likeness (QED) is 0.694. The van der Waals surface area contributed by atoms with E-state index in [0.717, 1.165) is 12.1 Å². The van der Waals surface area contributed by atoms with Gasteiger partial charge in [0.15, 0.2) is 0 Å². The number of nitrogens with one attached hydrogen (secondary N) is 1. The Balaban J connectivity index is 3.08. The number of carboxylic acid groups (broad SMARTS) is 1. The first-order valence-corrected chi connectivity index (χ1v) is 7.85. The van der Waals surface area contributed by atoms with Gasteiger partial charge >= 0.3 is 5.97 Å². The van der Waals surface area contributed by atoms with E-state index in [1.165, 1.54) is 6.92 Å². The van der Waals surface area contributed by atoms with Crippen LogP contribution in [0, 0.1) is 6.92 Å². The molecule has 0 heterocycles. The minimum atomic E-state index is -3.88. The first-order valence-electron chi connectivity index (χ1n) is 6.37. The van der Waals surface area contributed by atoms with Crippen LogP contribution in [0.3, 0.4) is 0 Å². The van der Waals surface area contributed by atoms with E-state index in [1.807, 2.05) is 0 Å². The molecule has 1 aromatic carbocycles. The van der Waals surface area contributed by atoms with E-state index in [9.17, 15) is 18.3 Å². The highest BCUT2D eigenvalue weighted by Gasteiger charge is 2.22. The molecule has 0 fully saturated rings. The standard InChI is InChI=1S/C13H19NO6S/c1-4-20-9(3)7-14-21(18,19)12-6-10(13(16)17)11(15)5-8(12)2/h5-6,9,14-15H,4,7H2,1-3H3,(H,16,17). The highest BCUT2D eigenvalue weighted by atomic mass is 32.2. The Hall–Kier alpha value is -1.64. The number of hydrogen-bond donors (Lipinski definition) is 3. The maximum Gasteiger partial charge on any atom is 0.339 e. The van der Waals surface area contributed by atoms with Crippen molar-refractivity contribution in [2.24, 2.45) is 0 Å². The Kier molecular flexibility index (Phi) is 5.70. The Morgan fingerprint density at radius 1 is 1.43 bits per heavy atom. The van der Waals surface area contributed by atoms with E-state index in [-0.39, 0.29) is 23.1 Å². The molecule has 8 heteroatoms. The molecule has 0 radical (unpaired) electrons. The van der Waals surface area contributed by atoms with Crippen molar-refractivity contribution in [1.82, 2.24) is 4.72 Å². The number of aryl methyl sites for hydroxylation is 1. The van der Waals surface area contributed by atoms with E-state index in [0.29, 0.717) is 6.61 Å². The van der Waals surface area contributed by atoms with Crippen LogP contribution in [0.2, 0.25) is 0 Å². The van der Waals surface area contributed by atoms with Gasteiger partial charge in [-0.15, -0.1) is 0 Å². The third-order valence-corrected chi connectivity index (χ3v) is 4.39. The highest BCUT2D eigenvalue weighted by molar-refractivity contribution is 7.89. The largest absolute Gasteiger partial charge is 0.507 e. The van der Waals surface area contributed by atoms with Gasteiger partial charge in [-0.2, -0.15) is 0 Å². The Morgan fingerprint density at radius 3 is 2.57 bits per heavy atom.